The summed E-state index contributed by atoms with van der Waals surface area (Å²) in [5.74, 6) is 0. The van der Waals surface area contributed by atoms with Crippen LogP contribution < -0.4 is 9.80 Å². The summed E-state index contributed by atoms with van der Waals surface area (Å²) in [6.45, 7) is 4.40. The molecule has 0 fully saturated rings. The van der Waals surface area contributed by atoms with Crippen molar-refractivity contribution in [2.75, 3.05) is 9.80 Å². The van der Waals surface area contributed by atoms with E-state index in [-0.39, 0.29) is 0 Å². The molecular formula is C40H36N2. The van der Waals surface area contributed by atoms with Gasteiger partial charge < -0.3 is 9.80 Å². The number of benzene rings is 6. The van der Waals surface area contributed by atoms with Gasteiger partial charge in [-0.15, -0.1) is 0 Å². The van der Waals surface area contributed by atoms with Crippen LogP contribution in [-0.4, -0.2) is 0 Å². The first-order valence-corrected chi connectivity index (χ1v) is 14.8. The van der Waals surface area contributed by atoms with Gasteiger partial charge in [-0.05, 0) is 108 Å². The minimum Gasteiger partial charge on any atom is -0.310 e. The lowest BCUT2D eigenvalue weighted by Crippen LogP contribution is -2.10. The largest absolute Gasteiger partial charge is 0.310 e. The molecule has 42 heavy (non-hydrogen) atoms. The Hall–Kier alpha value is -5.08. The lowest BCUT2D eigenvalue weighted by Gasteiger charge is -2.26. The van der Waals surface area contributed by atoms with Gasteiger partial charge in [-0.3, -0.25) is 0 Å². The van der Waals surface area contributed by atoms with Crippen molar-refractivity contribution in [1.82, 2.24) is 0 Å². The van der Waals surface area contributed by atoms with Crippen molar-refractivity contribution in [2.45, 2.75) is 26.7 Å². The molecule has 0 aromatic heterocycles. The highest BCUT2D eigenvalue weighted by Gasteiger charge is 2.15. The van der Waals surface area contributed by atoms with Crippen molar-refractivity contribution in [3.8, 4) is 11.1 Å². The Morgan fingerprint density at radius 1 is 0.333 bits per heavy atom. The molecule has 0 saturated heterocycles. The molecule has 2 nitrogen and oxygen atoms in total. The highest BCUT2D eigenvalue weighted by molar-refractivity contribution is 5.80. The van der Waals surface area contributed by atoms with Crippen LogP contribution in [0.1, 0.15) is 25.0 Å². The zero-order chi connectivity index (χ0) is 28.7. The summed E-state index contributed by atoms with van der Waals surface area (Å²) < 4.78 is 0. The second-order valence-corrected chi connectivity index (χ2v) is 10.5. The molecule has 6 rings (SSSR count). The molecular weight excluding hydrogens is 508 g/mol. The Morgan fingerprint density at radius 3 is 1.02 bits per heavy atom. The first-order chi connectivity index (χ1) is 20.7. The summed E-state index contributed by atoms with van der Waals surface area (Å²) in [5.41, 5.74) is 12.0. The molecule has 0 heterocycles. The van der Waals surface area contributed by atoms with Crippen LogP contribution in [0, 0.1) is 0 Å². The van der Waals surface area contributed by atoms with Gasteiger partial charge in [-0.25, -0.2) is 0 Å². The zero-order valence-electron chi connectivity index (χ0n) is 24.3. The molecule has 0 spiro atoms. The third-order valence-corrected chi connectivity index (χ3v) is 7.77. The van der Waals surface area contributed by atoms with Gasteiger partial charge in [-0.2, -0.15) is 0 Å². The molecule has 0 N–H and O–H groups in total. The molecule has 0 unspecified atom stereocenters. The Kier molecular flexibility index (Phi) is 8.14. The van der Waals surface area contributed by atoms with Crippen molar-refractivity contribution in [3.63, 3.8) is 0 Å². The fraction of sp³-hybridized carbons (Fsp3) is 0.100. The number of rotatable bonds is 9. The van der Waals surface area contributed by atoms with E-state index < -0.39 is 0 Å². The average molecular weight is 545 g/mol. The van der Waals surface area contributed by atoms with Crippen molar-refractivity contribution in [1.29, 1.82) is 0 Å². The molecule has 0 aliphatic heterocycles. The fourth-order valence-corrected chi connectivity index (χ4v) is 5.49. The maximum absolute atomic E-state index is 2.33. The van der Waals surface area contributed by atoms with E-state index in [2.05, 4.69) is 181 Å². The maximum Gasteiger partial charge on any atom is 0.0464 e. The minimum absolute atomic E-state index is 1.01. The van der Waals surface area contributed by atoms with Crippen molar-refractivity contribution in [2.24, 2.45) is 0 Å². The minimum atomic E-state index is 1.01. The van der Waals surface area contributed by atoms with E-state index >= 15 is 0 Å². The lowest BCUT2D eigenvalue weighted by molar-refractivity contribution is 1.13. The first-order valence-electron chi connectivity index (χ1n) is 14.8. The number of para-hydroxylation sites is 2. The van der Waals surface area contributed by atoms with Crippen LogP contribution in [0.2, 0.25) is 0 Å². The van der Waals surface area contributed by atoms with Crippen LogP contribution >= 0.6 is 0 Å². The van der Waals surface area contributed by atoms with E-state index in [4.69, 9.17) is 0 Å². The number of anilines is 6. The molecule has 0 atom stereocenters. The predicted octanol–water partition coefficient (Wildman–Crippen LogP) is 11.4. The Morgan fingerprint density at radius 2 is 0.667 bits per heavy atom. The molecule has 6 aromatic rings. The molecule has 0 saturated carbocycles. The third-order valence-electron chi connectivity index (χ3n) is 7.77. The zero-order valence-corrected chi connectivity index (χ0v) is 24.3. The van der Waals surface area contributed by atoms with Gasteiger partial charge in [0, 0.05) is 34.1 Å². The Labute approximate surface area is 250 Å². The molecule has 206 valence electrons. The van der Waals surface area contributed by atoms with Gasteiger partial charge >= 0.3 is 0 Å². The monoisotopic (exact) mass is 544 g/mol. The van der Waals surface area contributed by atoms with Gasteiger partial charge in [0.1, 0.15) is 0 Å². The average Bonchev–Trinajstić information content (AvgIpc) is 3.07. The number of hydrogen-bond acceptors (Lipinski definition) is 2. The molecule has 0 amide bonds. The summed E-state index contributed by atoms with van der Waals surface area (Å²) in [6.07, 6.45) is 2.02. The van der Waals surface area contributed by atoms with Crippen LogP contribution in [0.25, 0.3) is 11.1 Å². The van der Waals surface area contributed by atoms with Crippen LogP contribution in [-0.2, 0) is 12.8 Å². The number of hydrogen-bond donors (Lipinski definition) is 0. The summed E-state index contributed by atoms with van der Waals surface area (Å²) in [4.78, 5) is 4.66. The summed E-state index contributed by atoms with van der Waals surface area (Å²) in [6, 6.07) is 56.6. The quantitative estimate of drug-likeness (QED) is 0.179. The summed E-state index contributed by atoms with van der Waals surface area (Å²) >= 11 is 0. The number of aryl methyl sites for hydroxylation is 2. The smallest absolute Gasteiger partial charge is 0.0464 e. The number of nitrogens with zero attached hydrogens (tertiary/aromatic N) is 2. The molecule has 0 radical (unpaired) electrons. The normalized spacial score (nSPS) is 10.8. The summed E-state index contributed by atoms with van der Waals surface area (Å²) in [5, 5.41) is 0. The lowest BCUT2D eigenvalue weighted by atomic mass is 10.0. The second-order valence-electron chi connectivity index (χ2n) is 10.5. The van der Waals surface area contributed by atoms with Gasteiger partial charge in [0.2, 0.25) is 0 Å². The SMILES string of the molecule is CCc1cccc(N(c2ccccc2)c2ccc(-c3ccc(N(c4ccccc4)c4cccc(CC)c4)cc3)cc2)c1. The topological polar surface area (TPSA) is 6.48 Å². The van der Waals surface area contributed by atoms with Crippen LogP contribution in [0.5, 0.6) is 0 Å². The Balaban J connectivity index is 1.32. The Bertz CT molecular complexity index is 1590. The van der Waals surface area contributed by atoms with Crippen LogP contribution in [0.4, 0.5) is 34.1 Å². The molecule has 6 aromatic carbocycles. The fourth-order valence-electron chi connectivity index (χ4n) is 5.49. The second kappa shape index (κ2) is 12.6. The standard InChI is InChI=1S/C40H36N2/c1-3-31-13-11-19-39(29-31)41(35-15-7-5-8-16-35)37-25-21-33(22-26-37)34-23-27-38(28-24-34)42(36-17-9-6-10-18-36)40-20-12-14-32(4-2)30-40/h5-30H,3-4H2,1-2H3. The summed E-state index contributed by atoms with van der Waals surface area (Å²) in [7, 11) is 0. The van der Waals surface area contributed by atoms with Crippen molar-refractivity contribution >= 4 is 34.1 Å². The molecule has 0 aliphatic rings. The third kappa shape index (κ3) is 5.84. The molecule has 2 heteroatoms. The van der Waals surface area contributed by atoms with Gasteiger partial charge in [0.25, 0.3) is 0 Å². The maximum atomic E-state index is 2.33. The van der Waals surface area contributed by atoms with E-state index in [1.807, 2.05) is 0 Å². The van der Waals surface area contributed by atoms with E-state index in [9.17, 15) is 0 Å². The van der Waals surface area contributed by atoms with Gasteiger partial charge in [0.05, 0.1) is 0 Å². The van der Waals surface area contributed by atoms with E-state index in [1.54, 1.807) is 0 Å². The first kappa shape index (κ1) is 27.1. The highest BCUT2D eigenvalue weighted by Crippen LogP contribution is 2.38. The van der Waals surface area contributed by atoms with Crippen molar-refractivity contribution in [3.05, 3.63) is 169 Å². The van der Waals surface area contributed by atoms with E-state index in [0.29, 0.717) is 0 Å². The van der Waals surface area contributed by atoms with E-state index in [0.717, 1.165) is 35.6 Å². The predicted molar refractivity (Wildman–Crippen MR) is 180 cm³/mol. The van der Waals surface area contributed by atoms with E-state index in [1.165, 1.54) is 33.6 Å². The van der Waals surface area contributed by atoms with Crippen LogP contribution in [0.15, 0.2) is 158 Å². The van der Waals surface area contributed by atoms with Crippen LogP contribution in [0.3, 0.4) is 0 Å². The highest BCUT2D eigenvalue weighted by atomic mass is 15.1. The van der Waals surface area contributed by atoms with Gasteiger partial charge in [0.15, 0.2) is 0 Å². The molecule has 0 aliphatic carbocycles. The van der Waals surface area contributed by atoms with Crippen molar-refractivity contribution < 1.29 is 0 Å². The van der Waals surface area contributed by atoms with Gasteiger partial charge in [-0.1, -0.05) is 98.8 Å². The molecule has 0 bridgehead atoms.